The first kappa shape index (κ1) is 17.9. The molecule has 136 valence electrons. The summed E-state index contributed by atoms with van der Waals surface area (Å²) in [5.41, 5.74) is -0.746. The molecule has 0 saturated heterocycles. The van der Waals surface area contributed by atoms with Crippen molar-refractivity contribution >= 4 is 15.7 Å². The summed E-state index contributed by atoms with van der Waals surface area (Å²) in [6, 6.07) is 10.3. The number of benzene rings is 2. The van der Waals surface area contributed by atoms with E-state index in [-0.39, 0.29) is 5.69 Å². The smallest absolute Gasteiger partial charge is 0.317 e. The minimum absolute atomic E-state index is 0.0978. The zero-order chi connectivity index (χ0) is 18.9. The van der Waals surface area contributed by atoms with Crippen LogP contribution in [0.4, 0.5) is 18.9 Å². The van der Waals surface area contributed by atoms with Crippen LogP contribution in [0, 0.1) is 0 Å². The van der Waals surface area contributed by atoms with Gasteiger partial charge in [-0.1, -0.05) is 24.3 Å². The van der Waals surface area contributed by atoms with E-state index in [9.17, 15) is 21.6 Å². The molecule has 3 rings (SSSR count). The van der Waals surface area contributed by atoms with Gasteiger partial charge in [-0.15, -0.1) is 10.2 Å². The Balaban J connectivity index is 2.07. The van der Waals surface area contributed by atoms with Gasteiger partial charge in [0, 0.05) is 12.6 Å². The predicted molar refractivity (Wildman–Crippen MR) is 88.7 cm³/mol. The van der Waals surface area contributed by atoms with Gasteiger partial charge in [-0.05, 0) is 24.3 Å². The predicted octanol–water partition coefficient (Wildman–Crippen LogP) is 3.30. The molecular formula is C16H13F3N4O2S. The van der Waals surface area contributed by atoms with Crippen LogP contribution in [0.3, 0.4) is 0 Å². The third-order valence-corrected chi connectivity index (χ3v) is 5.03. The molecule has 2 aromatic carbocycles. The number of aromatic nitrogens is 3. The highest BCUT2D eigenvalue weighted by Gasteiger charge is 2.37. The number of rotatable bonds is 4. The summed E-state index contributed by atoms with van der Waals surface area (Å²) in [6.07, 6.45) is -3.37. The first-order chi connectivity index (χ1) is 12.2. The van der Waals surface area contributed by atoms with Crippen molar-refractivity contribution in [3.05, 3.63) is 60.4 Å². The van der Waals surface area contributed by atoms with Crippen molar-refractivity contribution in [2.24, 2.45) is 7.05 Å². The zero-order valence-electron chi connectivity index (χ0n) is 13.4. The molecule has 0 aliphatic heterocycles. The van der Waals surface area contributed by atoms with Gasteiger partial charge in [0.15, 0.2) is 5.82 Å². The zero-order valence-corrected chi connectivity index (χ0v) is 14.2. The van der Waals surface area contributed by atoms with E-state index < -0.39 is 26.7 Å². The third-order valence-electron chi connectivity index (χ3n) is 3.61. The Morgan fingerprint density at radius 3 is 2.35 bits per heavy atom. The number of hydrogen-bond donors (Lipinski definition) is 1. The number of halogens is 3. The maximum Gasteiger partial charge on any atom is 0.417 e. The Morgan fingerprint density at radius 2 is 1.69 bits per heavy atom. The lowest BCUT2D eigenvalue weighted by Gasteiger charge is -2.16. The Morgan fingerprint density at radius 1 is 1.04 bits per heavy atom. The van der Waals surface area contributed by atoms with Gasteiger partial charge in [-0.2, -0.15) is 13.2 Å². The van der Waals surface area contributed by atoms with Gasteiger partial charge in [-0.25, -0.2) is 8.42 Å². The fourth-order valence-corrected chi connectivity index (χ4v) is 3.74. The van der Waals surface area contributed by atoms with Crippen LogP contribution in [0.15, 0.2) is 59.8 Å². The molecule has 26 heavy (non-hydrogen) atoms. The second-order valence-electron chi connectivity index (χ2n) is 5.41. The molecule has 0 bridgehead atoms. The quantitative estimate of drug-likeness (QED) is 0.751. The summed E-state index contributed by atoms with van der Waals surface area (Å²) in [4.78, 5) is -0.847. The van der Waals surface area contributed by atoms with E-state index in [4.69, 9.17) is 0 Å². The van der Waals surface area contributed by atoms with Crippen LogP contribution in [-0.2, 0) is 23.2 Å². The summed E-state index contributed by atoms with van der Waals surface area (Å²) in [5.74, 6) is 0.368. The molecule has 0 spiro atoms. The lowest BCUT2D eigenvalue weighted by atomic mass is 10.2. The first-order valence-corrected chi connectivity index (χ1v) is 8.81. The van der Waals surface area contributed by atoms with E-state index in [1.807, 2.05) is 0 Å². The van der Waals surface area contributed by atoms with E-state index in [1.165, 1.54) is 18.5 Å². The molecule has 0 aliphatic rings. The van der Waals surface area contributed by atoms with Crippen molar-refractivity contribution in [1.82, 2.24) is 14.8 Å². The van der Waals surface area contributed by atoms with E-state index in [0.717, 1.165) is 18.2 Å². The Kier molecular flexibility index (Phi) is 4.45. The summed E-state index contributed by atoms with van der Waals surface area (Å²) >= 11 is 0. The summed E-state index contributed by atoms with van der Waals surface area (Å²) in [7, 11) is -2.81. The number of sulfonamides is 1. The van der Waals surface area contributed by atoms with Gasteiger partial charge in [0.1, 0.15) is 6.33 Å². The number of hydrogen-bond acceptors (Lipinski definition) is 4. The van der Waals surface area contributed by atoms with E-state index in [2.05, 4.69) is 14.9 Å². The SMILES string of the molecule is Cn1cnnc1-c1ccccc1NS(=O)(=O)c1ccccc1C(F)(F)F. The molecule has 0 fully saturated rings. The maximum atomic E-state index is 13.2. The largest absolute Gasteiger partial charge is 0.417 e. The van der Waals surface area contributed by atoms with Gasteiger partial charge < -0.3 is 4.57 Å². The van der Waals surface area contributed by atoms with Crippen LogP contribution in [0.5, 0.6) is 0 Å². The number of nitrogens with zero attached hydrogens (tertiary/aromatic N) is 3. The van der Waals surface area contributed by atoms with Crippen molar-refractivity contribution in [1.29, 1.82) is 0 Å². The molecule has 0 radical (unpaired) electrons. The average molecular weight is 382 g/mol. The van der Waals surface area contributed by atoms with E-state index >= 15 is 0 Å². The number of anilines is 1. The molecule has 6 nitrogen and oxygen atoms in total. The van der Waals surface area contributed by atoms with Gasteiger partial charge in [0.25, 0.3) is 10.0 Å². The second-order valence-corrected chi connectivity index (χ2v) is 7.06. The average Bonchev–Trinajstić information content (AvgIpc) is 3.00. The first-order valence-electron chi connectivity index (χ1n) is 7.32. The molecule has 3 aromatic rings. The number of alkyl halides is 3. The molecule has 1 heterocycles. The Labute approximate surface area is 147 Å². The minimum atomic E-state index is -4.80. The van der Waals surface area contributed by atoms with Gasteiger partial charge in [0.05, 0.1) is 16.1 Å². The molecule has 0 aliphatic carbocycles. The highest BCUT2D eigenvalue weighted by Crippen LogP contribution is 2.35. The third kappa shape index (κ3) is 3.40. The summed E-state index contributed by atoms with van der Waals surface area (Å²) in [5, 5.41) is 7.63. The molecular weight excluding hydrogens is 369 g/mol. The summed E-state index contributed by atoms with van der Waals surface area (Å²) < 4.78 is 68.5. The standard InChI is InChI=1S/C16H13F3N4O2S/c1-23-10-20-21-15(23)11-6-2-4-8-13(11)22-26(24,25)14-9-5-3-7-12(14)16(17,18)19/h2-10,22H,1H3. The van der Waals surface area contributed by atoms with Crippen molar-refractivity contribution in [3.63, 3.8) is 0 Å². The number of nitrogens with one attached hydrogen (secondary N) is 1. The fraction of sp³-hybridized carbons (Fsp3) is 0.125. The molecule has 0 unspecified atom stereocenters. The van der Waals surface area contributed by atoms with Crippen LogP contribution in [-0.4, -0.2) is 23.2 Å². The van der Waals surface area contributed by atoms with E-state index in [0.29, 0.717) is 11.4 Å². The topological polar surface area (TPSA) is 76.9 Å². The van der Waals surface area contributed by atoms with Crippen molar-refractivity contribution in [3.8, 4) is 11.4 Å². The molecule has 0 amide bonds. The van der Waals surface area contributed by atoms with Crippen LogP contribution in [0.25, 0.3) is 11.4 Å². The van der Waals surface area contributed by atoms with Gasteiger partial charge >= 0.3 is 6.18 Å². The maximum absolute atomic E-state index is 13.2. The molecule has 1 N–H and O–H groups in total. The van der Waals surface area contributed by atoms with Gasteiger partial charge in [-0.3, -0.25) is 4.72 Å². The van der Waals surface area contributed by atoms with E-state index in [1.54, 1.807) is 29.8 Å². The minimum Gasteiger partial charge on any atom is -0.317 e. The van der Waals surface area contributed by atoms with Crippen molar-refractivity contribution in [2.45, 2.75) is 11.1 Å². The molecule has 1 aromatic heterocycles. The lowest BCUT2D eigenvalue weighted by Crippen LogP contribution is -2.19. The highest BCUT2D eigenvalue weighted by molar-refractivity contribution is 7.92. The highest BCUT2D eigenvalue weighted by atomic mass is 32.2. The second kappa shape index (κ2) is 6.45. The molecule has 10 heteroatoms. The fourth-order valence-electron chi connectivity index (χ4n) is 2.43. The monoisotopic (exact) mass is 382 g/mol. The van der Waals surface area contributed by atoms with Crippen molar-refractivity contribution < 1.29 is 21.6 Å². The Hall–Kier alpha value is -2.88. The number of aryl methyl sites for hydroxylation is 1. The van der Waals surface area contributed by atoms with Crippen LogP contribution in [0.1, 0.15) is 5.56 Å². The molecule has 0 atom stereocenters. The number of para-hydroxylation sites is 1. The van der Waals surface area contributed by atoms with Crippen LogP contribution in [0.2, 0.25) is 0 Å². The lowest BCUT2D eigenvalue weighted by molar-refractivity contribution is -0.139. The van der Waals surface area contributed by atoms with Crippen LogP contribution < -0.4 is 4.72 Å². The van der Waals surface area contributed by atoms with Crippen LogP contribution >= 0.6 is 0 Å². The van der Waals surface area contributed by atoms with Gasteiger partial charge in [0.2, 0.25) is 0 Å². The Bertz CT molecular complexity index is 1050. The van der Waals surface area contributed by atoms with Crippen molar-refractivity contribution in [2.75, 3.05) is 4.72 Å². The molecule has 0 saturated carbocycles. The normalized spacial score (nSPS) is 12.2. The summed E-state index contributed by atoms with van der Waals surface area (Å²) in [6.45, 7) is 0.